The van der Waals surface area contributed by atoms with Gasteiger partial charge in [0.2, 0.25) is 0 Å². The second-order valence-electron chi connectivity index (χ2n) is 9.12. The SMILES string of the molecule is CCN(CC)CCC(NC)[C@H]1CCCN1C(=O)c1cc(-c2ccc(F)c(F)c2)nc2ccccc12. The third kappa shape index (κ3) is 5.36. The van der Waals surface area contributed by atoms with Crippen molar-refractivity contribution in [2.24, 2.45) is 0 Å². The molecule has 2 aromatic carbocycles. The summed E-state index contributed by atoms with van der Waals surface area (Å²) >= 11 is 0. The lowest BCUT2D eigenvalue weighted by atomic mass is 9.99. The third-order valence-corrected chi connectivity index (χ3v) is 7.21. The number of para-hydroxylation sites is 1. The largest absolute Gasteiger partial charge is 0.334 e. The summed E-state index contributed by atoms with van der Waals surface area (Å²) in [5, 5.41) is 4.22. The number of hydrogen-bond acceptors (Lipinski definition) is 4. The highest BCUT2D eigenvalue weighted by atomic mass is 19.2. The molecule has 1 aliphatic heterocycles. The molecule has 1 saturated heterocycles. The molecule has 2 atom stereocenters. The molecule has 0 radical (unpaired) electrons. The first kappa shape index (κ1) is 25.2. The molecule has 1 aliphatic rings. The van der Waals surface area contributed by atoms with Crippen molar-refractivity contribution in [2.45, 2.75) is 45.2 Å². The van der Waals surface area contributed by atoms with E-state index in [1.54, 1.807) is 6.07 Å². The fraction of sp³-hybridized carbons (Fsp3) is 0.429. The molecule has 1 fully saturated rings. The van der Waals surface area contributed by atoms with Gasteiger partial charge in [0.05, 0.1) is 16.8 Å². The van der Waals surface area contributed by atoms with Crippen LogP contribution in [0.15, 0.2) is 48.5 Å². The van der Waals surface area contributed by atoms with E-state index in [9.17, 15) is 13.6 Å². The highest BCUT2D eigenvalue weighted by molar-refractivity contribution is 6.07. The number of likely N-dealkylation sites (N-methyl/N-ethyl adjacent to an activating group) is 1. The number of likely N-dealkylation sites (tertiary alicyclic amines) is 1. The lowest BCUT2D eigenvalue weighted by Crippen LogP contribution is -2.49. The quantitative estimate of drug-likeness (QED) is 0.463. The number of pyridine rings is 1. The predicted molar refractivity (Wildman–Crippen MR) is 136 cm³/mol. The molecule has 2 heterocycles. The molecule has 186 valence electrons. The molecule has 1 N–H and O–H groups in total. The highest BCUT2D eigenvalue weighted by Gasteiger charge is 2.35. The second-order valence-corrected chi connectivity index (χ2v) is 9.12. The molecule has 7 heteroatoms. The van der Waals surface area contributed by atoms with E-state index in [4.69, 9.17) is 0 Å². The van der Waals surface area contributed by atoms with Crippen LogP contribution in [0.5, 0.6) is 0 Å². The predicted octanol–water partition coefficient (Wildman–Crippen LogP) is 5.10. The summed E-state index contributed by atoms with van der Waals surface area (Å²) in [6.45, 7) is 8.04. The van der Waals surface area contributed by atoms with E-state index in [0.717, 1.165) is 56.4 Å². The molecule has 0 spiro atoms. The van der Waals surface area contributed by atoms with Gasteiger partial charge in [-0.1, -0.05) is 32.0 Å². The molecule has 4 rings (SSSR count). The summed E-state index contributed by atoms with van der Waals surface area (Å²) in [5.74, 6) is -1.89. The number of rotatable bonds is 9. The van der Waals surface area contributed by atoms with Crippen LogP contribution in [-0.2, 0) is 0 Å². The molecule has 5 nitrogen and oxygen atoms in total. The number of hydrogen-bond donors (Lipinski definition) is 1. The van der Waals surface area contributed by atoms with E-state index < -0.39 is 11.6 Å². The van der Waals surface area contributed by atoms with Crippen molar-refractivity contribution in [3.8, 4) is 11.3 Å². The van der Waals surface area contributed by atoms with Gasteiger partial charge in [0.15, 0.2) is 11.6 Å². The molecular formula is C28H34F2N4O. The van der Waals surface area contributed by atoms with E-state index >= 15 is 0 Å². The molecule has 1 aromatic heterocycles. The van der Waals surface area contributed by atoms with Crippen molar-refractivity contribution < 1.29 is 13.6 Å². The number of nitrogens with zero attached hydrogens (tertiary/aromatic N) is 3. The van der Waals surface area contributed by atoms with Crippen LogP contribution in [0.4, 0.5) is 8.78 Å². The molecule has 1 unspecified atom stereocenters. The summed E-state index contributed by atoms with van der Waals surface area (Å²) < 4.78 is 27.5. The standard InChI is InChI=1S/C28H34F2N4O/c1-4-33(5-2)16-14-25(31-3)27-11-8-15-34(27)28(35)21-18-26(19-12-13-22(29)23(30)17-19)32-24-10-7-6-9-20(21)24/h6-7,9-10,12-13,17-18,25,27,31H,4-5,8,11,14-16H2,1-3H3/t25?,27-/m1/s1. The highest BCUT2D eigenvalue weighted by Crippen LogP contribution is 2.30. The third-order valence-electron chi connectivity index (χ3n) is 7.21. The molecule has 0 saturated carbocycles. The Balaban J connectivity index is 1.68. The van der Waals surface area contributed by atoms with Gasteiger partial charge in [-0.3, -0.25) is 4.79 Å². The lowest BCUT2D eigenvalue weighted by molar-refractivity contribution is 0.0702. The molecule has 0 bridgehead atoms. The number of fused-ring (bicyclic) bond motifs is 1. The summed E-state index contributed by atoms with van der Waals surface area (Å²) in [7, 11) is 1.97. The maximum absolute atomic E-state index is 14.0. The monoisotopic (exact) mass is 480 g/mol. The Morgan fingerprint density at radius 2 is 1.91 bits per heavy atom. The Bertz CT molecular complexity index is 1180. The van der Waals surface area contributed by atoms with Crippen LogP contribution >= 0.6 is 0 Å². The van der Waals surface area contributed by atoms with Crippen molar-refractivity contribution in [1.82, 2.24) is 20.1 Å². The maximum atomic E-state index is 14.0. The minimum atomic E-state index is -0.935. The lowest BCUT2D eigenvalue weighted by Gasteiger charge is -2.33. The summed E-state index contributed by atoms with van der Waals surface area (Å²) in [5.41, 5.74) is 2.09. The normalized spacial score (nSPS) is 16.9. The molecule has 35 heavy (non-hydrogen) atoms. The van der Waals surface area contributed by atoms with Gasteiger partial charge in [-0.25, -0.2) is 13.8 Å². The van der Waals surface area contributed by atoms with Gasteiger partial charge in [0.1, 0.15) is 0 Å². The van der Waals surface area contributed by atoms with Gasteiger partial charge in [0, 0.05) is 29.6 Å². The van der Waals surface area contributed by atoms with Gasteiger partial charge < -0.3 is 15.1 Å². The molecule has 3 aromatic rings. The zero-order valence-corrected chi connectivity index (χ0v) is 20.7. The van der Waals surface area contributed by atoms with Crippen LogP contribution in [0.1, 0.15) is 43.5 Å². The van der Waals surface area contributed by atoms with Crippen LogP contribution in [-0.4, -0.2) is 66.0 Å². The summed E-state index contributed by atoms with van der Waals surface area (Å²) in [6, 6.07) is 13.2. The average molecular weight is 481 g/mol. The van der Waals surface area contributed by atoms with Gasteiger partial charge >= 0.3 is 0 Å². The van der Waals surface area contributed by atoms with Crippen LogP contribution in [0.3, 0.4) is 0 Å². The maximum Gasteiger partial charge on any atom is 0.254 e. The van der Waals surface area contributed by atoms with E-state index in [0.29, 0.717) is 28.9 Å². The van der Waals surface area contributed by atoms with Crippen molar-refractivity contribution in [3.63, 3.8) is 0 Å². The van der Waals surface area contributed by atoms with Crippen molar-refractivity contribution in [2.75, 3.05) is 33.2 Å². The zero-order valence-electron chi connectivity index (χ0n) is 20.7. The Morgan fingerprint density at radius 1 is 1.14 bits per heavy atom. The van der Waals surface area contributed by atoms with Gasteiger partial charge in [-0.2, -0.15) is 0 Å². The summed E-state index contributed by atoms with van der Waals surface area (Å²) in [6.07, 6.45) is 2.87. The smallest absolute Gasteiger partial charge is 0.254 e. The number of aromatic nitrogens is 1. The first-order valence-corrected chi connectivity index (χ1v) is 12.5. The fourth-order valence-corrected chi connectivity index (χ4v) is 5.16. The first-order chi connectivity index (χ1) is 17.0. The number of amides is 1. The zero-order chi connectivity index (χ0) is 24.9. The van der Waals surface area contributed by atoms with E-state index in [1.807, 2.05) is 36.2 Å². The van der Waals surface area contributed by atoms with E-state index in [-0.39, 0.29) is 18.0 Å². The first-order valence-electron chi connectivity index (χ1n) is 12.5. The Morgan fingerprint density at radius 3 is 2.63 bits per heavy atom. The minimum absolute atomic E-state index is 0.0435. The number of carbonyl (C=O) groups excluding carboxylic acids is 1. The van der Waals surface area contributed by atoms with E-state index in [1.165, 1.54) is 6.07 Å². The number of carbonyl (C=O) groups is 1. The average Bonchev–Trinajstić information content (AvgIpc) is 3.37. The molecule has 1 amide bonds. The number of nitrogens with one attached hydrogen (secondary N) is 1. The van der Waals surface area contributed by atoms with Gasteiger partial charge in [-0.05, 0) is 76.3 Å². The minimum Gasteiger partial charge on any atom is -0.334 e. The van der Waals surface area contributed by atoms with Crippen LogP contribution in [0.2, 0.25) is 0 Å². The van der Waals surface area contributed by atoms with Gasteiger partial charge in [-0.15, -0.1) is 0 Å². The molecular weight excluding hydrogens is 446 g/mol. The number of benzene rings is 2. The van der Waals surface area contributed by atoms with Crippen LogP contribution in [0, 0.1) is 11.6 Å². The second kappa shape index (κ2) is 11.2. The van der Waals surface area contributed by atoms with Crippen LogP contribution in [0.25, 0.3) is 22.2 Å². The fourth-order valence-electron chi connectivity index (χ4n) is 5.16. The Labute approximate surface area is 206 Å². The van der Waals surface area contributed by atoms with Crippen molar-refractivity contribution >= 4 is 16.8 Å². The summed E-state index contributed by atoms with van der Waals surface area (Å²) in [4.78, 5) is 23.0. The Kier molecular flexibility index (Phi) is 8.08. The van der Waals surface area contributed by atoms with E-state index in [2.05, 4.69) is 29.0 Å². The van der Waals surface area contributed by atoms with Gasteiger partial charge in [0.25, 0.3) is 5.91 Å². The van der Waals surface area contributed by atoms with Crippen LogP contribution < -0.4 is 5.32 Å². The van der Waals surface area contributed by atoms with Crippen molar-refractivity contribution in [3.05, 3.63) is 65.7 Å². The Hall–Kier alpha value is -2.90. The topological polar surface area (TPSA) is 48.5 Å². The van der Waals surface area contributed by atoms with Crippen molar-refractivity contribution in [1.29, 1.82) is 0 Å². The number of halogens is 2. The molecule has 0 aliphatic carbocycles.